The molecule has 0 spiro atoms. The van der Waals surface area contributed by atoms with E-state index in [-0.39, 0.29) is 12.5 Å². The molecule has 4 rings (SSSR count). The van der Waals surface area contributed by atoms with Gasteiger partial charge >= 0.3 is 18.0 Å². The van der Waals surface area contributed by atoms with E-state index in [4.69, 9.17) is 9.84 Å². The molecule has 3 N–H and O–H groups in total. The zero-order chi connectivity index (χ0) is 23.6. The number of carboxylic acid groups (broad SMARTS) is 1. The van der Waals surface area contributed by atoms with E-state index in [1.165, 1.54) is 0 Å². The molecule has 2 atom stereocenters. The molecule has 0 aromatic heterocycles. The molecule has 2 aromatic carbocycles. The highest BCUT2D eigenvalue weighted by atomic mass is 19.3. The first-order chi connectivity index (χ1) is 15.8. The van der Waals surface area contributed by atoms with Crippen molar-refractivity contribution in [1.82, 2.24) is 10.6 Å². The monoisotopic (exact) mass is 458 g/mol. The number of halogens is 2. The molecule has 7 nitrogen and oxygen atoms in total. The van der Waals surface area contributed by atoms with Crippen LogP contribution in [0.5, 0.6) is 0 Å². The van der Waals surface area contributed by atoms with Crippen molar-refractivity contribution >= 4 is 18.0 Å². The molecule has 9 heteroatoms. The lowest BCUT2D eigenvalue weighted by molar-refractivity contribution is -0.164. The molecular weight excluding hydrogens is 434 g/mol. The molecule has 0 aliphatic heterocycles. The van der Waals surface area contributed by atoms with Gasteiger partial charge in [0.1, 0.15) is 6.61 Å². The molecule has 0 bridgehead atoms. The summed E-state index contributed by atoms with van der Waals surface area (Å²) in [5, 5.41) is 13.1. The second-order valence-corrected chi connectivity index (χ2v) is 8.34. The van der Waals surface area contributed by atoms with Crippen molar-refractivity contribution in [2.24, 2.45) is 5.92 Å². The van der Waals surface area contributed by atoms with Crippen LogP contribution in [0.15, 0.2) is 48.5 Å². The van der Waals surface area contributed by atoms with Crippen LogP contribution < -0.4 is 10.6 Å². The lowest BCUT2D eigenvalue weighted by Crippen LogP contribution is -2.48. The Hall–Kier alpha value is -3.49. The van der Waals surface area contributed by atoms with E-state index in [0.29, 0.717) is 19.3 Å². The van der Waals surface area contributed by atoms with Crippen LogP contribution in [0.4, 0.5) is 13.6 Å². The fourth-order valence-corrected chi connectivity index (χ4v) is 4.64. The van der Waals surface area contributed by atoms with Crippen molar-refractivity contribution in [3.8, 4) is 11.1 Å². The Morgan fingerprint density at radius 3 is 2.21 bits per heavy atom. The van der Waals surface area contributed by atoms with Crippen LogP contribution in [-0.4, -0.2) is 48.2 Å². The van der Waals surface area contributed by atoms with E-state index < -0.39 is 42.4 Å². The number of nitrogens with one attached hydrogen (secondary N) is 2. The SMILES string of the molecule is O=C(NC1CCCC1C(=O)NCC(F)(F)C(=O)O)OCC1c2ccccc2-c2ccccc21. The third-order valence-corrected chi connectivity index (χ3v) is 6.30. The zero-order valence-electron chi connectivity index (χ0n) is 17.7. The van der Waals surface area contributed by atoms with Gasteiger partial charge in [0.15, 0.2) is 0 Å². The lowest BCUT2D eigenvalue weighted by atomic mass is 9.98. The van der Waals surface area contributed by atoms with Gasteiger partial charge in [-0.1, -0.05) is 55.0 Å². The van der Waals surface area contributed by atoms with Crippen molar-refractivity contribution in [3.63, 3.8) is 0 Å². The Balaban J connectivity index is 1.34. The molecule has 0 heterocycles. The Labute approximate surface area is 189 Å². The van der Waals surface area contributed by atoms with Gasteiger partial charge in [0, 0.05) is 12.0 Å². The minimum atomic E-state index is -4.05. The number of amides is 2. The molecule has 174 valence electrons. The molecule has 2 aliphatic rings. The minimum absolute atomic E-state index is 0.107. The highest BCUT2D eigenvalue weighted by Gasteiger charge is 2.41. The lowest BCUT2D eigenvalue weighted by Gasteiger charge is -2.22. The third-order valence-electron chi connectivity index (χ3n) is 6.30. The molecule has 2 aromatic rings. The summed E-state index contributed by atoms with van der Waals surface area (Å²) in [4.78, 5) is 35.3. The van der Waals surface area contributed by atoms with E-state index in [1.807, 2.05) is 53.8 Å². The third kappa shape index (κ3) is 4.67. The number of hydrogen-bond acceptors (Lipinski definition) is 4. The number of carboxylic acids is 1. The standard InChI is InChI=1S/C24H24F2N2O5/c25-24(26,22(30)31)13-27-21(29)18-10-5-11-20(18)28-23(32)33-12-19-16-8-3-1-6-14(16)15-7-2-4-9-17(15)19/h1-4,6-9,18-20H,5,10-13H2,(H,27,29)(H,28,32)(H,30,31). The van der Waals surface area contributed by atoms with Crippen LogP contribution in [0.2, 0.25) is 0 Å². The Kier molecular flexibility index (Phi) is 6.31. The fourth-order valence-electron chi connectivity index (χ4n) is 4.64. The van der Waals surface area contributed by atoms with Crippen molar-refractivity contribution in [3.05, 3.63) is 59.7 Å². The quantitative estimate of drug-likeness (QED) is 0.589. The van der Waals surface area contributed by atoms with Crippen LogP contribution in [0.3, 0.4) is 0 Å². The molecule has 0 radical (unpaired) electrons. The number of aliphatic carboxylic acids is 1. The predicted octanol–water partition coefficient (Wildman–Crippen LogP) is 3.53. The van der Waals surface area contributed by atoms with Gasteiger partial charge < -0.3 is 20.5 Å². The Bertz CT molecular complexity index is 1030. The van der Waals surface area contributed by atoms with Gasteiger partial charge in [-0.05, 0) is 35.1 Å². The number of fused-ring (bicyclic) bond motifs is 3. The number of carbonyl (C=O) groups is 3. The summed E-state index contributed by atoms with van der Waals surface area (Å²) in [7, 11) is 0. The van der Waals surface area contributed by atoms with Crippen LogP contribution in [-0.2, 0) is 14.3 Å². The van der Waals surface area contributed by atoms with E-state index >= 15 is 0 Å². The Morgan fingerprint density at radius 1 is 1.00 bits per heavy atom. The van der Waals surface area contributed by atoms with Gasteiger partial charge in [-0.3, -0.25) is 4.79 Å². The number of rotatable bonds is 7. The van der Waals surface area contributed by atoms with Gasteiger partial charge in [-0.2, -0.15) is 8.78 Å². The predicted molar refractivity (Wildman–Crippen MR) is 115 cm³/mol. The molecule has 2 amide bonds. The second-order valence-electron chi connectivity index (χ2n) is 8.34. The first-order valence-corrected chi connectivity index (χ1v) is 10.8. The molecule has 2 unspecified atom stereocenters. The van der Waals surface area contributed by atoms with Gasteiger partial charge in [0.2, 0.25) is 5.91 Å². The maximum atomic E-state index is 13.3. The van der Waals surface area contributed by atoms with E-state index in [9.17, 15) is 23.2 Å². The Morgan fingerprint density at radius 2 is 1.61 bits per heavy atom. The fraction of sp³-hybridized carbons (Fsp3) is 0.375. The summed E-state index contributed by atoms with van der Waals surface area (Å²) < 4.78 is 32.0. The van der Waals surface area contributed by atoms with Crippen molar-refractivity contribution in [2.45, 2.75) is 37.1 Å². The van der Waals surface area contributed by atoms with Gasteiger partial charge in [0.05, 0.1) is 12.5 Å². The first-order valence-electron chi connectivity index (χ1n) is 10.8. The highest BCUT2D eigenvalue weighted by molar-refractivity contribution is 5.82. The zero-order valence-corrected chi connectivity index (χ0v) is 17.7. The summed E-state index contributed by atoms with van der Waals surface area (Å²) in [6.07, 6.45) is 0.843. The normalized spacial score (nSPS) is 19.5. The van der Waals surface area contributed by atoms with Gasteiger partial charge in [0.25, 0.3) is 0 Å². The maximum absolute atomic E-state index is 13.3. The first kappa shape index (κ1) is 22.7. The van der Waals surface area contributed by atoms with Crippen LogP contribution in [0.1, 0.15) is 36.3 Å². The molecule has 0 saturated heterocycles. The number of hydrogen-bond donors (Lipinski definition) is 3. The summed E-state index contributed by atoms with van der Waals surface area (Å²) in [6.45, 7) is -1.18. The largest absolute Gasteiger partial charge is 0.477 e. The maximum Gasteiger partial charge on any atom is 0.407 e. The molecule has 1 saturated carbocycles. The second kappa shape index (κ2) is 9.17. The molecule has 1 fully saturated rings. The smallest absolute Gasteiger partial charge is 0.407 e. The molecule has 2 aliphatic carbocycles. The summed E-state index contributed by atoms with van der Waals surface area (Å²) in [5.74, 6) is -7.90. The topological polar surface area (TPSA) is 105 Å². The number of carbonyl (C=O) groups excluding carboxylic acids is 2. The summed E-state index contributed by atoms with van der Waals surface area (Å²) in [5.41, 5.74) is 4.36. The highest BCUT2D eigenvalue weighted by Crippen LogP contribution is 2.44. The van der Waals surface area contributed by atoms with E-state index in [0.717, 1.165) is 22.3 Å². The van der Waals surface area contributed by atoms with E-state index in [1.54, 1.807) is 0 Å². The van der Waals surface area contributed by atoms with Crippen LogP contribution in [0.25, 0.3) is 11.1 Å². The number of benzene rings is 2. The summed E-state index contributed by atoms with van der Waals surface area (Å²) >= 11 is 0. The minimum Gasteiger partial charge on any atom is -0.477 e. The van der Waals surface area contributed by atoms with Crippen molar-refractivity contribution in [2.75, 3.05) is 13.2 Å². The molecule has 33 heavy (non-hydrogen) atoms. The average Bonchev–Trinajstić information content (AvgIpc) is 3.38. The summed E-state index contributed by atoms with van der Waals surface area (Å²) in [6, 6.07) is 15.3. The van der Waals surface area contributed by atoms with Gasteiger partial charge in [-0.15, -0.1) is 0 Å². The van der Waals surface area contributed by atoms with Crippen LogP contribution in [0, 0.1) is 5.92 Å². The molecular formula is C24H24F2N2O5. The average molecular weight is 458 g/mol. The van der Waals surface area contributed by atoms with E-state index in [2.05, 4.69) is 5.32 Å². The van der Waals surface area contributed by atoms with Crippen LogP contribution >= 0.6 is 0 Å². The van der Waals surface area contributed by atoms with Gasteiger partial charge in [-0.25, -0.2) is 9.59 Å². The van der Waals surface area contributed by atoms with Crippen molar-refractivity contribution in [1.29, 1.82) is 0 Å². The number of alkyl carbamates (subject to hydrolysis) is 1. The van der Waals surface area contributed by atoms with Crippen molar-refractivity contribution < 1.29 is 33.0 Å². The number of alkyl halides is 2. The number of ether oxygens (including phenoxy) is 1.